The van der Waals surface area contributed by atoms with Crippen LogP contribution in [-0.2, 0) is 0 Å². The summed E-state index contributed by atoms with van der Waals surface area (Å²) in [5.41, 5.74) is 0.638. The molecule has 0 aliphatic rings. The van der Waals surface area contributed by atoms with Crippen LogP contribution in [0.2, 0.25) is 5.02 Å². The molecule has 0 N–H and O–H groups in total. The molecule has 2 rings (SSSR count). The maximum absolute atomic E-state index is 13.3. The molecule has 0 aromatic carbocycles. The minimum absolute atomic E-state index is 0.204. The van der Waals surface area contributed by atoms with Crippen LogP contribution < -0.4 is 0 Å². The van der Waals surface area contributed by atoms with Crippen molar-refractivity contribution in [3.63, 3.8) is 0 Å². The first-order valence-electron chi connectivity index (χ1n) is 4.10. The molecular formula is C10H5ClF2N2. The summed E-state index contributed by atoms with van der Waals surface area (Å²) in [6.07, 6.45) is 2.43. The van der Waals surface area contributed by atoms with Crippen LogP contribution in [0.15, 0.2) is 30.6 Å². The quantitative estimate of drug-likeness (QED) is 0.699. The van der Waals surface area contributed by atoms with Gasteiger partial charge in [0.2, 0.25) is 11.9 Å². The Labute approximate surface area is 89.6 Å². The second-order valence-corrected chi connectivity index (χ2v) is 3.30. The van der Waals surface area contributed by atoms with Crippen LogP contribution >= 0.6 is 11.6 Å². The number of hydrogen-bond acceptors (Lipinski definition) is 2. The van der Waals surface area contributed by atoms with Gasteiger partial charge in [0.1, 0.15) is 0 Å². The lowest BCUT2D eigenvalue weighted by Crippen LogP contribution is -1.90. The van der Waals surface area contributed by atoms with E-state index in [1.165, 1.54) is 24.5 Å². The molecule has 0 bridgehead atoms. The van der Waals surface area contributed by atoms with Gasteiger partial charge in [-0.3, -0.25) is 0 Å². The zero-order chi connectivity index (χ0) is 10.8. The fourth-order valence-corrected chi connectivity index (χ4v) is 1.32. The number of nitrogens with zero attached hydrogens (tertiary/aromatic N) is 2. The second kappa shape index (κ2) is 3.90. The van der Waals surface area contributed by atoms with Gasteiger partial charge in [-0.1, -0.05) is 11.6 Å². The molecule has 76 valence electrons. The molecular weight excluding hydrogens is 222 g/mol. The molecule has 2 aromatic heterocycles. The first-order chi connectivity index (χ1) is 7.16. The lowest BCUT2D eigenvalue weighted by molar-refractivity contribution is 0.580. The highest BCUT2D eigenvalue weighted by Gasteiger charge is 2.07. The van der Waals surface area contributed by atoms with Crippen LogP contribution in [0.4, 0.5) is 8.78 Å². The van der Waals surface area contributed by atoms with Crippen molar-refractivity contribution < 1.29 is 8.78 Å². The predicted molar refractivity (Wildman–Crippen MR) is 52.4 cm³/mol. The molecule has 2 nitrogen and oxygen atoms in total. The summed E-state index contributed by atoms with van der Waals surface area (Å²) in [7, 11) is 0. The Kier molecular flexibility index (Phi) is 2.60. The lowest BCUT2D eigenvalue weighted by atomic mass is 10.1. The van der Waals surface area contributed by atoms with Gasteiger partial charge in [-0.2, -0.15) is 8.78 Å². The highest BCUT2D eigenvalue weighted by atomic mass is 35.5. The summed E-state index contributed by atoms with van der Waals surface area (Å²) in [4.78, 5) is 6.88. The first kappa shape index (κ1) is 9.98. The van der Waals surface area contributed by atoms with Gasteiger partial charge in [-0.25, -0.2) is 9.97 Å². The van der Waals surface area contributed by atoms with Gasteiger partial charge in [-0.15, -0.1) is 0 Å². The lowest BCUT2D eigenvalue weighted by Gasteiger charge is -2.02. The third-order valence-electron chi connectivity index (χ3n) is 1.84. The minimum Gasteiger partial charge on any atom is -0.228 e. The van der Waals surface area contributed by atoms with Crippen LogP contribution in [0, 0.1) is 11.9 Å². The number of pyridine rings is 2. The smallest absolute Gasteiger partial charge is 0.220 e. The zero-order valence-electron chi connectivity index (χ0n) is 7.42. The fraction of sp³-hybridized carbons (Fsp3) is 0. The monoisotopic (exact) mass is 226 g/mol. The van der Waals surface area contributed by atoms with E-state index in [2.05, 4.69) is 9.97 Å². The number of halogens is 3. The minimum atomic E-state index is -0.659. The number of rotatable bonds is 1. The molecule has 15 heavy (non-hydrogen) atoms. The van der Waals surface area contributed by atoms with E-state index in [4.69, 9.17) is 11.6 Å². The first-order valence-corrected chi connectivity index (χ1v) is 4.47. The highest BCUT2D eigenvalue weighted by molar-refractivity contribution is 6.30. The fourth-order valence-electron chi connectivity index (χ4n) is 1.16. The number of hydrogen-bond donors (Lipinski definition) is 0. The van der Waals surface area contributed by atoms with Crippen molar-refractivity contribution >= 4 is 11.6 Å². The maximum atomic E-state index is 13.3. The Hall–Kier alpha value is -1.55. The average molecular weight is 227 g/mol. The molecule has 0 amide bonds. The maximum Gasteiger partial charge on any atom is 0.220 e. The van der Waals surface area contributed by atoms with E-state index in [9.17, 15) is 8.78 Å². The Balaban J connectivity index is 2.53. The molecule has 0 saturated heterocycles. The van der Waals surface area contributed by atoms with E-state index in [1.54, 1.807) is 0 Å². The molecule has 0 saturated carbocycles. The summed E-state index contributed by atoms with van der Waals surface area (Å²) >= 11 is 5.67. The van der Waals surface area contributed by atoms with E-state index < -0.39 is 11.9 Å². The van der Waals surface area contributed by atoms with Crippen molar-refractivity contribution in [3.05, 3.63) is 47.5 Å². The topological polar surface area (TPSA) is 25.8 Å². The zero-order valence-corrected chi connectivity index (χ0v) is 8.17. The largest absolute Gasteiger partial charge is 0.228 e. The molecule has 2 aromatic rings. The normalized spacial score (nSPS) is 10.3. The van der Waals surface area contributed by atoms with E-state index in [0.29, 0.717) is 10.6 Å². The highest BCUT2D eigenvalue weighted by Crippen LogP contribution is 2.23. The Morgan fingerprint density at radius 1 is 1.07 bits per heavy atom. The van der Waals surface area contributed by atoms with Gasteiger partial charge < -0.3 is 0 Å². The summed E-state index contributed by atoms with van der Waals surface area (Å²) in [6.45, 7) is 0. The Morgan fingerprint density at radius 2 is 1.87 bits per heavy atom. The second-order valence-electron chi connectivity index (χ2n) is 2.86. The van der Waals surface area contributed by atoms with Crippen molar-refractivity contribution in [2.45, 2.75) is 0 Å². The third kappa shape index (κ3) is 2.10. The van der Waals surface area contributed by atoms with E-state index in [1.807, 2.05) is 0 Å². The van der Waals surface area contributed by atoms with Crippen molar-refractivity contribution in [1.82, 2.24) is 9.97 Å². The van der Waals surface area contributed by atoms with Gasteiger partial charge in [0.25, 0.3) is 0 Å². The summed E-state index contributed by atoms with van der Waals surface area (Å²) < 4.78 is 25.8. The molecule has 2 heterocycles. The van der Waals surface area contributed by atoms with Crippen LogP contribution in [0.5, 0.6) is 0 Å². The van der Waals surface area contributed by atoms with Crippen molar-refractivity contribution in [2.75, 3.05) is 0 Å². The van der Waals surface area contributed by atoms with Gasteiger partial charge in [0.15, 0.2) is 0 Å². The summed E-state index contributed by atoms with van der Waals surface area (Å²) in [5, 5.41) is 0.315. The standard InChI is InChI=1S/C10H5ClF2N2/c11-7-3-8(10(13)15-5-7)6-1-2-9(12)14-4-6/h1-5H. The van der Waals surface area contributed by atoms with Crippen LogP contribution in [-0.4, -0.2) is 9.97 Å². The van der Waals surface area contributed by atoms with E-state index in [-0.39, 0.29) is 5.56 Å². The molecule has 0 unspecified atom stereocenters. The van der Waals surface area contributed by atoms with Gasteiger partial charge >= 0.3 is 0 Å². The van der Waals surface area contributed by atoms with E-state index in [0.717, 1.165) is 6.07 Å². The number of aromatic nitrogens is 2. The molecule has 0 fully saturated rings. The van der Waals surface area contributed by atoms with Crippen molar-refractivity contribution in [2.24, 2.45) is 0 Å². The van der Waals surface area contributed by atoms with Crippen LogP contribution in [0.1, 0.15) is 0 Å². The van der Waals surface area contributed by atoms with Gasteiger partial charge in [0.05, 0.1) is 5.02 Å². The SMILES string of the molecule is Fc1ccc(-c2cc(Cl)cnc2F)cn1. The molecule has 0 aliphatic heterocycles. The predicted octanol–water partition coefficient (Wildman–Crippen LogP) is 3.08. The van der Waals surface area contributed by atoms with Crippen molar-refractivity contribution in [1.29, 1.82) is 0 Å². The molecule has 0 aliphatic carbocycles. The molecule has 0 atom stereocenters. The van der Waals surface area contributed by atoms with Crippen LogP contribution in [0.25, 0.3) is 11.1 Å². The summed E-state index contributed by atoms with van der Waals surface area (Å²) in [5.74, 6) is -1.28. The van der Waals surface area contributed by atoms with E-state index >= 15 is 0 Å². The average Bonchev–Trinajstić information content (AvgIpc) is 2.23. The van der Waals surface area contributed by atoms with Gasteiger partial charge in [0, 0.05) is 23.5 Å². The molecule has 0 radical (unpaired) electrons. The molecule has 0 spiro atoms. The Morgan fingerprint density at radius 3 is 2.53 bits per heavy atom. The van der Waals surface area contributed by atoms with Crippen LogP contribution in [0.3, 0.4) is 0 Å². The van der Waals surface area contributed by atoms with Crippen molar-refractivity contribution in [3.8, 4) is 11.1 Å². The molecule has 5 heteroatoms. The summed E-state index contributed by atoms with van der Waals surface area (Å²) in [6, 6.07) is 3.98. The van der Waals surface area contributed by atoms with Gasteiger partial charge in [-0.05, 0) is 18.2 Å². The third-order valence-corrected chi connectivity index (χ3v) is 2.05. The Bertz CT molecular complexity index is 485.